The molecule has 3 atom stereocenters. The van der Waals surface area contributed by atoms with Gasteiger partial charge >= 0.3 is 0 Å². The molecule has 2 amide bonds. The highest BCUT2D eigenvalue weighted by molar-refractivity contribution is 5.97. The van der Waals surface area contributed by atoms with E-state index in [1.54, 1.807) is 0 Å². The van der Waals surface area contributed by atoms with Gasteiger partial charge in [0, 0.05) is 6.04 Å². The Balaban J connectivity index is 2.20. The smallest absolute Gasteiger partial charge is 0.248 e. The number of amides is 2. The van der Waals surface area contributed by atoms with E-state index in [4.69, 9.17) is 0 Å². The molecule has 2 aliphatic rings. The molecule has 18 heavy (non-hydrogen) atoms. The molecule has 0 spiro atoms. The molecule has 1 saturated heterocycles. The number of nitrogens with zero attached hydrogens (tertiary/aromatic N) is 1. The van der Waals surface area contributed by atoms with Crippen LogP contribution in [0.2, 0.25) is 0 Å². The highest BCUT2D eigenvalue weighted by Gasteiger charge is 2.45. The van der Waals surface area contributed by atoms with E-state index in [0.717, 1.165) is 6.42 Å². The van der Waals surface area contributed by atoms with Gasteiger partial charge in [0.25, 0.3) is 0 Å². The molecular formula is C14H24N2O2. The monoisotopic (exact) mass is 252 g/mol. The lowest BCUT2D eigenvalue weighted by atomic mass is 9.83. The molecule has 4 heteroatoms. The van der Waals surface area contributed by atoms with Gasteiger partial charge in [-0.05, 0) is 32.1 Å². The number of rotatable bonds is 2. The minimum absolute atomic E-state index is 0.0169. The summed E-state index contributed by atoms with van der Waals surface area (Å²) in [5, 5.41) is 2.85. The summed E-state index contributed by atoms with van der Waals surface area (Å²) in [6, 6.07) is 0.253. The van der Waals surface area contributed by atoms with E-state index >= 15 is 0 Å². The van der Waals surface area contributed by atoms with Crippen LogP contribution < -0.4 is 5.32 Å². The lowest BCUT2D eigenvalue weighted by Gasteiger charge is -2.46. The summed E-state index contributed by atoms with van der Waals surface area (Å²) in [6.07, 6.45) is 5.27. The van der Waals surface area contributed by atoms with E-state index in [9.17, 15) is 9.59 Å². The van der Waals surface area contributed by atoms with Gasteiger partial charge in [-0.1, -0.05) is 26.7 Å². The third-order valence-electron chi connectivity index (χ3n) is 4.64. The molecule has 0 radical (unpaired) electrons. The molecule has 1 heterocycles. The molecule has 1 saturated carbocycles. The van der Waals surface area contributed by atoms with E-state index in [1.165, 1.54) is 19.3 Å². The van der Waals surface area contributed by atoms with Crippen molar-refractivity contribution in [2.45, 2.75) is 64.5 Å². The highest BCUT2D eigenvalue weighted by atomic mass is 16.2. The summed E-state index contributed by atoms with van der Waals surface area (Å²) in [5.41, 5.74) is -0.702. The van der Waals surface area contributed by atoms with Gasteiger partial charge in [0.05, 0.1) is 6.54 Å². The largest absolute Gasteiger partial charge is 0.340 e. The standard InChI is InChI=1S/C14H24N2O2/c1-4-14(3)13(18)16(9-12(17)15-14)11-8-6-5-7-10(11)2/h10-11H,4-9H2,1-3H3,(H,15,17). The maximum absolute atomic E-state index is 12.6. The maximum atomic E-state index is 12.6. The second-order valence-corrected chi connectivity index (χ2v) is 6.00. The Morgan fingerprint density at radius 3 is 2.61 bits per heavy atom. The summed E-state index contributed by atoms with van der Waals surface area (Å²) in [4.78, 5) is 26.3. The Morgan fingerprint density at radius 2 is 2.00 bits per heavy atom. The minimum Gasteiger partial charge on any atom is -0.340 e. The molecule has 1 aliphatic carbocycles. The van der Waals surface area contributed by atoms with Gasteiger partial charge in [0.15, 0.2) is 0 Å². The molecule has 2 fully saturated rings. The van der Waals surface area contributed by atoms with Gasteiger partial charge in [0.2, 0.25) is 11.8 Å². The third-order valence-corrected chi connectivity index (χ3v) is 4.64. The molecule has 0 bridgehead atoms. The van der Waals surface area contributed by atoms with Crippen LogP contribution in [0, 0.1) is 5.92 Å². The van der Waals surface area contributed by atoms with Gasteiger partial charge in [-0.3, -0.25) is 9.59 Å². The topological polar surface area (TPSA) is 49.4 Å². The molecule has 1 aliphatic heterocycles. The van der Waals surface area contributed by atoms with Crippen molar-refractivity contribution in [1.29, 1.82) is 0 Å². The van der Waals surface area contributed by atoms with Gasteiger partial charge in [-0.25, -0.2) is 0 Å². The number of hydrogen-bond acceptors (Lipinski definition) is 2. The van der Waals surface area contributed by atoms with Gasteiger partial charge in [0.1, 0.15) is 5.54 Å². The van der Waals surface area contributed by atoms with Gasteiger partial charge in [-0.15, -0.1) is 0 Å². The zero-order valence-corrected chi connectivity index (χ0v) is 11.7. The number of hydrogen-bond donors (Lipinski definition) is 1. The summed E-state index contributed by atoms with van der Waals surface area (Å²) in [5.74, 6) is 0.592. The average molecular weight is 252 g/mol. The molecule has 102 valence electrons. The Bertz CT molecular complexity index is 356. The zero-order chi connectivity index (χ0) is 13.3. The molecule has 4 nitrogen and oxygen atoms in total. The number of carbonyl (C=O) groups is 2. The summed E-state index contributed by atoms with van der Waals surface area (Å²) in [7, 11) is 0. The van der Waals surface area contributed by atoms with Crippen LogP contribution in [0.4, 0.5) is 0 Å². The fraction of sp³-hybridized carbons (Fsp3) is 0.857. The molecule has 0 aromatic heterocycles. The fourth-order valence-electron chi connectivity index (χ4n) is 3.21. The second-order valence-electron chi connectivity index (χ2n) is 6.00. The molecule has 0 aromatic rings. The number of carbonyl (C=O) groups excluding carboxylic acids is 2. The van der Waals surface area contributed by atoms with Crippen molar-refractivity contribution < 1.29 is 9.59 Å². The van der Waals surface area contributed by atoms with E-state index in [-0.39, 0.29) is 24.4 Å². The van der Waals surface area contributed by atoms with Crippen molar-refractivity contribution in [3.05, 3.63) is 0 Å². The van der Waals surface area contributed by atoms with Crippen molar-refractivity contribution in [1.82, 2.24) is 10.2 Å². The van der Waals surface area contributed by atoms with Crippen LogP contribution >= 0.6 is 0 Å². The summed E-state index contributed by atoms with van der Waals surface area (Å²) in [6.45, 7) is 6.23. The first-order chi connectivity index (χ1) is 8.48. The SMILES string of the molecule is CCC1(C)NC(=O)CN(C2CCCCC2C)C1=O. The third kappa shape index (κ3) is 2.25. The van der Waals surface area contributed by atoms with Gasteiger partial charge in [-0.2, -0.15) is 0 Å². The number of nitrogens with one attached hydrogen (secondary N) is 1. The molecule has 2 rings (SSSR count). The van der Waals surface area contributed by atoms with Crippen LogP contribution in [0.5, 0.6) is 0 Å². The molecule has 0 aromatic carbocycles. The van der Waals surface area contributed by atoms with Crippen LogP contribution in [0.25, 0.3) is 0 Å². The van der Waals surface area contributed by atoms with E-state index in [0.29, 0.717) is 12.3 Å². The summed E-state index contributed by atoms with van der Waals surface area (Å²) < 4.78 is 0. The van der Waals surface area contributed by atoms with E-state index in [2.05, 4.69) is 12.2 Å². The Labute approximate surface area is 109 Å². The normalized spacial score (nSPS) is 37.6. The van der Waals surface area contributed by atoms with Crippen LogP contribution in [0.3, 0.4) is 0 Å². The van der Waals surface area contributed by atoms with Crippen molar-refractivity contribution in [2.75, 3.05) is 6.54 Å². The fourth-order valence-corrected chi connectivity index (χ4v) is 3.21. The van der Waals surface area contributed by atoms with Crippen LogP contribution in [0.15, 0.2) is 0 Å². The molecule has 1 N–H and O–H groups in total. The minimum atomic E-state index is -0.702. The number of piperazine rings is 1. The van der Waals surface area contributed by atoms with Crippen LogP contribution in [-0.4, -0.2) is 34.8 Å². The van der Waals surface area contributed by atoms with Crippen LogP contribution in [-0.2, 0) is 9.59 Å². The Morgan fingerprint density at radius 1 is 1.33 bits per heavy atom. The zero-order valence-electron chi connectivity index (χ0n) is 11.7. The second kappa shape index (κ2) is 4.90. The molecular weight excluding hydrogens is 228 g/mol. The van der Waals surface area contributed by atoms with Gasteiger partial charge < -0.3 is 10.2 Å². The first-order valence-electron chi connectivity index (χ1n) is 7.10. The van der Waals surface area contributed by atoms with Crippen molar-refractivity contribution >= 4 is 11.8 Å². The van der Waals surface area contributed by atoms with Crippen molar-refractivity contribution in [3.63, 3.8) is 0 Å². The average Bonchev–Trinajstić information content (AvgIpc) is 2.35. The predicted molar refractivity (Wildman–Crippen MR) is 70.0 cm³/mol. The lowest BCUT2D eigenvalue weighted by molar-refractivity contribution is -0.153. The van der Waals surface area contributed by atoms with Crippen molar-refractivity contribution in [2.24, 2.45) is 5.92 Å². The maximum Gasteiger partial charge on any atom is 0.248 e. The summed E-state index contributed by atoms with van der Waals surface area (Å²) >= 11 is 0. The Hall–Kier alpha value is -1.06. The Kier molecular flexibility index (Phi) is 3.64. The lowest BCUT2D eigenvalue weighted by Crippen LogP contribution is -2.67. The van der Waals surface area contributed by atoms with E-state index < -0.39 is 5.54 Å². The first-order valence-corrected chi connectivity index (χ1v) is 7.10. The first kappa shape index (κ1) is 13.4. The van der Waals surface area contributed by atoms with Crippen molar-refractivity contribution in [3.8, 4) is 0 Å². The highest BCUT2D eigenvalue weighted by Crippen LogP contribution is 2.31. The predicted octanol–water partition coefficient (Wildman–Crippen LogP) is 1.69. The van der Waals surface area contributed by atoms with Crippen LogP contribution in [0.1, 0.15) is 52.9 Å². The van der Waals surface area contributed by atoms with E-state index in [1.807, 2.05) is 18.7 Å². The molecule has 3 unspecified atom stereocenters. The quantitative estimate of drug-likeness (QED) is 0.813.